The zero-order valence-corrected chi connectivity index (χ0v) is 38.6. The molecule has 0 fully saturated rings. The standard InChI is InChI=1S/C53H49F5N4O10/c1-68-50(64)40(61-49(63)39(59)21-12-24-60-52(66)70-30-33-15-7-3-8-16-33)26-35-19-11-20-36(25-35)37-22-23-42(69-29-32-13-5-2-6-14-32)38(27-37)28-41(62-53(67)71-31-34-17-9-4-10-18-34)51(65)72-48-46(57)44(55)43(54)45(56)47(48)58/h2-11,13-20,22-23,25,27,39-41H,12,21,24,26,28-31,59H2,1H3,(H,60,66)(H,61,63)(H,62,67)/t39-,40-,41-/m0/s1. The third-order valence-corrected chi connectivity index (χ3v) is 10.9. The highest BCUT2D eigenvalue weighted by Gasteiger charge is 2.33. The van der Waals surface area contributed by atoms with Gasteiger partial charge in [-0.25, -0.2) is 32.3 Å². The number of esters is 2. The highest BCUT2D eigenvalue weighted by Crippen LogP contribution is 2.32. The number of carbonyl (C=O) groups excluding carboxylic acids is 5. The van der Waals surface area contributed by atoms with Crippen molar-refractivity contribution in [3.63, 3.8) is 0 Å². The van der Waals surface area contributed by atoms with Crippen LogP contribution in [-0.2, 0) is 61.3 Å². The molecule has 0 unspecified atom stereocenters. The molecule has 0 aliphatic carbocycles. The van der Waals surface area contributed by atoms with Crippen molar-refractivity contribution in [1.82, 2.24) is 16.0 Å². The molecule has 0 bridgehead atoms. The maximum absolute atomic E-state index is 14.8. The van der Waals surface area contributed by atoms with Crippen molar-refractivity contribution in [2.75, 3.05) is 13.7 Å². The summed E-state index contributed by atoms with van der Waals surface area (Å²) in [5, 5.41) is 7.54. The van der Waals surface area contributed by atoms with Crippen molar-refractivity contribution in [3.05, 3.63) is 190 Å². The Bertz CT molecular complexity index is 2800. The van der Waals surface area contributed by atoms with E-state index in [-0.39, 0.29) is 50.5 Å². The third-order valence-electron chi connectivity index (χ3n) is 10.9. The van der Waals surface area contributed by atoms with E-state index in [1.54, 1.807) is 103 Å². The molecule has 6 aromatic carbocycles. The number of carbonyl (C=O) groups is 5. The number of ether oxygens (including phenoxy) is 5. The van der Waals surface area contributed by atoms with Crippen molar-refractivity contribution in [3.8, 4) is 22.6 Å². The molecule has 19 heteroatoms. The first-order valence-corrected chi connectivity index (χ1v) is 22.4. The maximum atomic E-state index is 14.8. The lowest BCUT2D eigenvalue weighted by molar-refractivity contribution is -0.145. The van der Waals surface area contributed by atoms with Crippen LogP contribution in [0.2, 0.25) is 0 Å². The van der Waals surface area contributed by atoms with Crippen molar-refractivity contribution in [2.24, 2.45) is 5.73 Å². The molecule has 3 atom stereocenters. The Morgan fingerprint density at radius 2 is 1.08 bits per heavy atom. The van der Waals surface area contributed by atoms with Crippen molar-refractivity contribution >= 4 is 30.0 Å². The number of hydrogen-bond acceptors (Lipinski definition) is 11. The Balaban J connectivity index is 1.21. The quantitative estimate of drug-likeness (QED) is 0.00973. The van der Waals surface area contributed by atoms with Crippen LogP contribution in [0.25, 0.3) is 11.1 Å². The normalized spacial score (nSPS) is 12.1. The summed E-state index contributed by atoms with van der Waals surface area (Å²) in [4.78, 5) is 65.3. The molecule has 6 aromatic rings. The van der Waals surface area contributed by atoms with Crippen LogP contribution in [0, 0.1) is 29.1 Å². The molecule has 0 saturated heterocycles. The number of methoxy groups -OCH3 is 1. The molecular formula is C53H49F5N4O10. The van der Waals surface area contributed by atoms with Crippen LogP contribution in [0.1, 0.15) is 40.7 Å². The number of amides is 3. The zero-order chi connectivity index (χ0) is 51.6. The van der Waals surface area contributed by atoms with Gasteiger partial charge in [0.2, 0.25) is 40.7 Å². The van der Waals surface area contributed by atoms with Gasteiger partial charge in [0, 0.05) is 19.4 Å². The monoisotopic (exact) mass is 996 g/mol. The molecule has 72 heavy (non-hydrogen) atoms. The number of alkyl carbamates (subject to hydrolysis) is 2. The molecule has 0 saturated carbocycles. The summed E-state index contributed by atoms with van der Waals surface area (Å²) in [6.07, 6.45) is -1.96. The van der Waals surface area contributed by atoms with Gasteiger partial charge in [0.25, 0.3) is 0 Å². The number of nitrogens with one attached hydrogen (secondary N) is 3. The average molecular weight is 997 g/mol. The predicted molar refractivity (Wildman–Crippen MR) is 251 cm³/mol. The Morgan fingerprint density at radius 1 is 0.556 bits per heavy atom. The molecule has 0 heterocycles. The van der Waals surface area contributed by atoms with Gasteiger partial charge in [0.1, 0.15) is 37.7 Å². The van der Waals surface area contributed by atoms with Gasteiger partial charge in [-0.15, -0.1) is 0 Å². The molecule has 376 valence electrons. The minimum atomic E-state index is -2.48. The van der Waals surface area contributed by atoms with Gasteiger partial charge < -0.3 is 45.4 Å². The number of rotatable bonds is 22. The summed E-state index contributed by atoms with van der Waals surface area (Å²) < 4.78 is 98.4. The van der Waals surface area contributed by atoms with Crippen molar-refractivity contribution in [1.29, 1.82) is 0 Å². The number of nitrogens with two attached hydrogens (primary N) is 1. The second kappa shape index (κ2) is 26.0. The summed E-state index contributed by atoms with van der Waals surface area (Å²) in [5.41, 5.74) is 10.1. The Hall–Kier alpha value is -8.32. The van der Waals surface area contributed by atoms with E-state index in [0.717, 1.165) is 18.2 Å². The highest BCUT2D eigenvalue weighted by atomic mass is 19.2. The Labute approximate surface area is 410 Å². The van der Waals surface area contributed by atoms with E-state index >= 15 is 0 Å². The van der Waals surface area contributed by atoms with E-state index in [1.165, 1.54) is 0 Å². The summed E-state index contributed by atoms with van der Waals surface area (Å²) in [7, 11) is 1.16. The highest BCUT2D eigenvalue weighted by molar-refractivity contribution is 5.87. The van der Waals surface area contributed by atoms with Crippen LogP contribution in [0.4, 0.5) is 31.5 Å². The van der Waals surface area contributed by atoms with Gasteiger partial charge in [-0.2, -0.15) is 8.78 Å². The van der Waals surface area contributed by atoms with Gasteiger partial charge in [-0.05, 0) is 63.9 Å². The fourth-order valence-corrected chi connectivity index (χ4v) is 7.11. The van der Waals surface area contributed by atoms with Crippen LogP contribution in [0.3, 0.4) is 0 Å². The fourth-order valence-electron chi connectivity index (χ4n) is 7.11. The van der Waals surface area contributed by atoms with E-state index < -0.39 is 89.4 Å². The average Bonchev–Trinajstić information content (AvgIpc) is 3.40. The summed E-state index contributed by atoms with van der Waals surface area (Å²) in [5.74, 6) is -16.8. The molecule has 0 radical (unpaired) electrons. The molecule has 0 aliphatic rings. The molecule has 0 spiro atoms. The van der Waals surface area contributed by atoms with Gasteiger partial charge >= 0.3 is 24.1 Å². The third kappa shape index (κ3) is 15.1. The first-order valence-electron chi connectivity index (χ1n) is 22.4. The van der Waals surface area contributed by atoms with Gasteiger partial charge in [0.15, 0.2) is 0 Å². The Morgan fingerprint density at radius 3 is 1.68 bits per heavy atom. The summed E-state index contributed by atoms with van der Waals surface area (Å²) >= 11 is 0. The molecule has 3 amide bonds. The molecule has 0 aliphatic heterocycles. The summed E-state index contributed by atoms with van der Waals surface area (Å²) in [6, 6.07) is 33.9. The number of halogens is 5. The predicted octanol–water partition coefficient (Wildman–Crippen LogP) is 8.31. The fraction of sp³-hybridized carbons (Fsp3) is 0.226. The molecule has 14 nitrogen and oxygen atoms in total. The lowest BCUT2D eigenvalue weighted by Gasteiger charge is -2.21. The first-order chi connectivity index (χ1) is 34.7. The zero-order valence-electron chi connectivity index (χ0n) is 38.6. The van der Waals surface area contributed by atoms with Crippen LogP contribution in [0.15, 0.2) is 133 Å². The van der Waals surface area contributed by atoms with Crippen LogP contribution in [-0.4, -0.2) is 61.8 Å². The van der Waals surface area contributed by atoms with Gasteiger partial charge in [-0.3, -0.25) is 4.79 Å². The minimum absolute atomic E-state index is 0.0138. The first kappa shape index (κ1) is 53.0. The van der Waals surface area contributed by atoms with E-state index in [2.05, 4.69) is 16.0 Å². The number of hydrogen-bond donors (Lipinski definition) is 4. The second-order valence-electron chi connectivity index (χ2n) is 16.1. The summed E-state index contributed by atoms with van der Waals surface area (Å²) in [6.45, 7) is -0.00491. The van der Waals surface area contributed by atoms with E-state index in [1.807, 2.05) is 30.3 Å². The lowest BCUT2D eigenvalue weighted by Crippen LogP contribution is -2.49. The molecule has 0 aromatic heterocycles. The van der Waals surface area contributed by atoms with Crippen molar-refractivity contribution < 1.29 is 69.6 Å². The van der Waals surface area contributed by atoms with Crippen LogP contribution >= 0.6 is 0 Å². The van der Waals surface area contributed by atoms with Crippen molar-refractivity contribution in [2.45, 2.75) is 63.6 Å². The largest absolute Gasteiger partial charge is 0.489 e. The topological polar surface area (TPSA) is 194 Å². The van der Waals surface area contributed by atoms with E-state index in [9.17, 15) is 45.9 Å². The Kier molecular flexibility index (Phi) is 19.2. The van der Waals surface area contributed by atoms with Crippen LogP contribution < -0.4 is 31.2 Å². The smallest absolute Gasteiger partial charge is 0.408 e. The van der Waals surface area contributed by atoms with Gasteiger partial charge in [-0.1, -0.05) is 121 Å². The molecule has 6 rings (SSSR count). The SMILES string of the molecule is COC(=O)[C@H](Cc1cccc(-c2ccc(OCc3ccccc3)c(C[C@H](NC(=O)OCc3ccccc3)C(=O)Oc3c(F)c(F)c(F)c(F)c3F)c2)c1)NC(=O)[C@@H](N)CCCNC(=O)OCc1ccccc1. The molecule has 5 N–H and O–H groups in total. The lowest BCUT2D eigenvalue weighted by atomic mass is 9.96. The number of benzene rings is 6. The minimum Gasteiger partial charge on any atom is -0.489 e. The maximum Gasteiger partial charge on any atom is 0.408 e. The van der Waals surface area contributed by atoms with E-state index in [0.29, 0.717) is 28.7 Å². The second-order valence-corrected chi connectivity index (χ2v) is 16.1. The van der Waals surface area contributed by atoms with E-state index in [4.69, 9.17) is 29.4 Å². The van der Waals surface area contributed by atoms with Crippen LogP contribution in [0.5, 0.6) is 11.5 Å². The van der Waals surface area contributed by atoms with Gasteiger partial charge in [0.05, 0.1) is 13.2 Å². The molecular weight excluding hydrogens is 948 g/mol.